The summed E-state index contributed by atoms with van der Waals surface area (Å²) in [7, 11) is 0. The third-order valence-corrected chi connectivity index (χ3v) is 4.45. The molecule has 1 atom stereocenters. The van der Waals surface area contributed by atoms with Crippen LogP contribution >= 0.6 is 0 Å². The molecule has 25 heavy (non-hydrogen) atoms. The van der Waals surface area contributed by atoms with Crippen LogP contribution in [0, 0.1) is 6.92 Å². The number of ether oxygens (including phenoxy) is 1. The van der Waals surface area contributed by atoms with Crippen molar-refractivity contribution in [1.29, 1.82) is 0 Å². The fourth-order valence-electron chi connectivity index (χ4n) is 3.06. The smallest absolute Gasteiger partial charge is 0.228 e. The van der Waals surface area contributed by atoms with E-state index in [1.54, 1.807) is 0 Å². The Balaban J connectivity index is 1.75. The van der Waals surface area contributed by atoms with Gasteiger partial charge in [-0.2, -0.15) is 4.98 Å². The van der Waals surface area contributed by atoms with Crippen LogP contribution in [0.25, 0.3) is 0 Å². The van der Waals surface area contributed by atoms with Gasteiger partial charge in [0, 0.05) is 37.5 Å². The molecular weight excluding hydrogens is 312 g/mol. The van der Waals surface area contributed by atoms with Gasteiger partial charge >= 0.3 is 0 Å². The molecule has 134 valence electrons. The Labute approximate surface area is 150 Å². The highest BCUT2D eigenvalue weighted by molar-refractivity contribution is 5.44. The number of aryl methyl sites for hydroxylation is 1. The summed E-state index contributed by atoms with van der Waals surface area (Å²) in [5.41, 5.74) is 2.23. The molecule has 2 heterocycles. The molecule has 1 aromatic carbocycles. The maximum absolute atomic E-state index is 5.68. The number of aromatic nitrogens is 2. The van der Waals surface area contributed by atoms with Gasteiger partial charge in [0.2, 0.25) is 5.95 Å². The molecule has 1 saturated heterocycles. The molecule has 1 aromatic heterocycles. The van der Waals surface area contributed by atoms with E-state index >= 15 is 0 Å². The van der Waals surface area contributed by atoms with Crippen LogP contribution in [0.1, 0.15) is 37.9 Å². The zero-order valence-corrected chi connectivity index (χ0v) is 15.4. The number of anilines is 2. The Morgan fingerprint density at radius 1 is 1.24 bits per heavy atom. The van der Waals surface area contributed by atoms with E-state index in [2.05, 4.69) is 53.3 Å². The number of benzene rings is 1. The molecule has 0 radical (unpaired) electrons. The fraction of sp³-hybridized carbons (Fsp3) is 0.500. The minimum Gasteiger partial charge on any atom is -0.376 e. The van der Waals surface area contributed by atoms with E-state index in [-0.39, 0.29) is 0 Å². The predicted molar refractivity (Wildman–Crippen MR) is 102 cm³/mol. The van der Waals surface area contributed by atoms with Gasteiger partial charge in [0.25, 0.3) is 0 Å². The van der Waals surface area contributed by atoms with Gasteiger partial charge in [-0.3, -0.25) is 0 Å². The molecule has 5 nitrogen and oxygen atoms in total. The zero-order valence-electron chi connectivity index (χ0n) is 15.4. The predicted octanol–water partition coefficient (Wildman–Crippen LogP) is 3.79. The van der Waals surface area contributed by atoms with Crippen LogP contribution in [0.3, 0.4) is 0 Å². The molecule has 0 aliphatic carbocycles. The highest BCUT2D eigenvalue weighted by Gasteiger charge is 2.18. The fourth-order valence-corrected chi connectivity index (χ4v) is 3.06. The maximum atomic E-state index is 5.68. The molecule has 1 unspecified atom stereocenters. The van der Waals surface area contributed by atoms with Crippen molar-refractivity contribution < 1.29 is 4.74 Å². The average molecular weight is 340 g/mol. The first kappa shape index (κ1) is 17.7. The van der Waals surface area contributed by atoms with Crippen LogP contribution in [0.2, 0.25) is 0 Å². The van der Waals surface area contributed by atoms with Crippen molar-refractivity contribution in [2.45, 2.75) is 52.3 Å². The van der Waals surface area contributed by atoms with Gasteiger partial charge in [-0.25, -0.2) is 4.98 Å². The first-order valence-corrected chi connectivity index (χ1v) is 9.13. The average Bonchev–Trinajstić information content (AvgIpc) is 3.11. The van der Waals surface area contributed by atoms with Gasteiger partial charge in [0.1, 0.15) is 5.82 Å². The summed E-state index contributed by atoms with van der Waals surface area (Å²) in [6.45, 7) is 8.84. The van der Waals surface area contributed by atoms with Crippen molar-refractivity contribution >= 4 is 11.8 Å². The summed E-state index contributed by atoms with van der Waals surface area (Å²) >= 11 is 0. The van der Waals surface area contributed by atoms with Crippen LogP contribution in [0.4, 0.5) is 11.8 Å². The van der Waals surface area contributed by atoms with E-state index in [0.29, 0.717) is 12.1 Å². The summed E-state index contributed by atoms with van der Waals surface area (Å²) in [6, 6.07) is 12.8. The number of hydrogen-bond acceptors (Lipinski definition) is 5. The quantitative estimate of drug-likeness (QED) is 0.831. The molecule has 2 aromatic rings. The maximum Gasteiger partial charge on any atom is 0.228 e. The van der Waals surface area contributed by atoms with E-state index in [1.165, 1.54) is 5.56 Å². The second-order valence-electron chi connectivity index (χ2n) is 6.92. The first-order valence-electron chi connectivity index (χ1n) is 9.13. The van der Waals surface area contributed by atoms with Crippen molar-refractivity contribution in [3.05, 3.63) is 47.7 Å². The molecule has 0 amide bonds. The monoisotopic (exact) mass is 340 g/mol. The third kappa shape index (κ3) is 4.92. The Morgan fingerprint density at radius 2 is 2.04 bits per heavy atom. The standard InChI is InChI=1S/C20H28N4O/c1-15(2)24(14-17-8-5-4-6-9-17)20-22-16(3)12-19(23-20)21-13-18-10-7-11-25-18/h4-6,8-9,12,15,18H,7,10-11,13-14H2,1-3H3,(H,21,22,23). The zero-order chi connectivity index (χ0) is 17.6. The molecule has 1 fully saturated rings. The van der Waals surface area contributed by atoms with E-state index in [1.807, 2.05) is 19.1 Å². The minimum atomic E-state index is 0.296. The van der Waals surface area contributed by atoms with Crippen LogP contribution in [0.15, 0.2) is 36.4 Å². The molecule has 3 rings (SSSR count). The Hall–Kier alpha value is -2.14. The molecule has 0 spiro atoms. The molecule has 0 bridgehead atoms. The van der Waals surface area contributed by atoms with Crippen molar-refractivity contribution in [1.82, 2.24) is 9.97 Å². The van der Waals surface area contributed by atoms with Crippen molar-refractivity contribution in [2.24, 2.45) is 0 Å². The second-order valence-corrected chi connectivity index (χ2v) is 6.92. The minimum absolute atomic E-state index is 0.296. The summed E-state index contributed by atoms with van der Waals surface area (Å²) in [4.78, 5) is 11.7. The highest BCUT2D eigenvalue weighted by Crippen LogP contribution is 2.20. The Kier molecular flexibility index (Phi) is 5.87. The van der Waals surface area contributed by atoms with Gasteiger partial charge in [-0.05, 0) is 39.2 Å². The second kappa shape index (κ2) is 8.30. The van der Waals surface area contributed by atoms with E-state index in [4.69, 9.17) is 9.72 Å². The lowest BCUT2D eigenvalue weighted by molar-refractivity contribution is 0.120. The molecule has 1 N–H and O–H groups in total. The summed E-state index contributed by atoms with van der Waals surface area (Å²) < 4.78 is 5.68. The Bertz CT molecular complexity index is 669. The summed E-state index contributed by atoms with van der Waals surface area (Å²) in [6.07, 6.45) is 2.57. The van der Waals surface area contributed by atoms with Crippen molar-refractivity contribution in [2.75, 3.05) is 23.4 Å². The lowest BCUT2D eigenvalue weighted by Gasteiger charge is -2.27. The number of nitrogens with one attached hydrogen (secondary N) is 1. The van der Waals surface area contributed by atoms with Crippen molar-refractivity contribution in [3.63, 3.8) is 0 Å². The lowest BCUT2D eigenvalue weighted by atomic mass is 10.2. The first-order chi connectivity index (χ1) is 12.1. The SMILES string of the molecule is Cc1cc(NCC2CCCO2)nc(N(Cc2ccccc2)C(C)C)n1. The summed E-state index contributed by atoms with van der Waals surface area (Å²) in [5, 5.41) is 3.42. The van der Waals surface area contributed by atoms with E-state index in [9.17, 15) is 0 Å². The highest BCUT2D eigenvalue weighted by atomic mass is 16.5. The molecular formula is C20H28N4O. The number of nitrogens with zero attached hydrogens (tertiary/aromatic N) is 3. The Morgan fingerprint density at radius 3 is 2.72 bits per heavy atom. The van der Waals surface area contributed by atoms with Crippen LogP contribution in [-0.4, -0.2) is 35.3 Å². The summed E-state index contributed by atoms with van der Waals surface area (Å²) in [5.74, 6) is 1.64. The van der Waals surface area contributed by atoms with E-state index < -0.39 is 0 Å². The number of hydrogen-bond donors (Lipinski definition) is 1. The van der Waals surface area contributed by atoms with Crippen LogP contribution in [-0.2, 0) is 11.3 Å². The topological polar surface area (TPSA) is 50.3 Å². The number of rotatable bonds is 7. The van der Waals surface area contributed by atoms with Crippen LogP contribution < -0.4 is 10.2 Å². The molecule has 0 saturated carbocycles. The normalized spacial score (nSPS) is 17.0. The third-order valence-electron chi connectivity index (χ3n) is 4.45. The van der Waals surface area contributed by atoms with Crippen LogP contribution in [0.5, 0.6) is 0 Å². The van der Waals surface area contributed by atoms with Gasteiger partial charge in [0.05, 0.1) is 6.10 Å². The van der Waals surface area contributed by atoms with Gasteiger partial charge in [0.15, 0.2) is 0 Å². The van der Waals surface area contributed by atoms with E-state index in [0.717, 1.165) is 50.0 Å². The van der Waals surface area contributed by atoms with Crippen molar-refractivity contribution in [3.8, 4) is 0 Å². The van der Waals surface area contributed by atoms with Gasteiger partial charge in [-0.15, -0.1) is 0 Å². The molecule has 5 heteroatoms. The lowest BCUT2D eigenvalue weighted by Crippen LogP contribution is -2.32. The van der Waals surface area contributed by atoms with Gasteiger partial charge in [-0.1, -0.05) is 30.3 Å². The van der Waals surface area contributed by atoms with Gasteiger partial charge < -0.3 is 15.0 Å². The molecule has 1 aliphatic heterocycles. The largest absolute Gasteiger partial charge is 0.376 e. The molecule has 1 aliphatic rings.